The van der Waals surface area contributed by atoms with Gasteiger partial charge < -0.3 is 5.32 Å². The third kappa shape index (κ3) is 4.52. The van der Waals surface area contributed by atoms with Crippen LogP contribution in [-0.2, 0) is 0 Å². The minimum atomic E-state index is 0.234. The maximum absolute atomic E-state index is 3.58. The van der Waals surface area contributed by atoms with E-state index >= 15 is 0 Å². The summed E-state index contributed by atoms with van der Waals surface area (Å²) in [5.41, 5.74) is 0.234. The van der Waals surface area contributed by atoms with Crippen LogP contribution in [0.2, 0.25) is 0 Å². The highest BCUT2D eigenvalue weighted by atomic mass is 15.2. The minimum Gasteiger partial charge on any atom is -0.311 e. The van der Waals surface area contributed by atoms with Crippen LogP contribution in [0.15, 0.2) is 0 Å². The molecule has 90 valence electrons. The summed E-state index contributed by atoms with van der Waals surface area (Å²) in [7, 11) is 2.26. The standard InChI is InChI=1S/C13H28N2/c1-10(9-14-13(3,4)5)15(6)11(2)12-7-8-12/h10-12,14H,7-9H2,1-6H3. The first-order chi connectivity index (χ1) is 6.81. The first kappa shape index (κ1) is 13.0. The Morgan fingerprint density at radius 1 is 1.27 bits per heavy atom. The van der Waals surface area contributed by atoms with E-state index in [0.29, 0.717) is 6.04 Å². The van der Waals surface area contributed by atoms with Gasteiger partial charge in [0, 0.05) is 24.2 Å². The molecule has 2 nitrogen and oxygen atoms in total. The van der Waals surface area contributed by atoms with E-state index in [0.717, 1.165) is 18.5 Å². The zero-order valence-electron chi connectivity index (χ0n) is 11.3. The maximum atomic E-state index is 3.58. The van der Waals surface area contributed by atoms with Gasteiger partial charge >= 0.3 is 0 Å². The Hall–Kier alpha value is -0.0800. The molecule has 1 N–H and O–H groups in total. The van der Waals surface area contributed by atoms with Gasteiger partial charge in [0.1, 0.15) is 0 Å². The highest BCUT2D eigenvalue weighted by molar-refractivity contribution is 4.86. The van der Waals surface area contributed by atoms with Crippen molar-refractivity contribution in [3.63, 3.8) is 0 Å². The molecule has 2 atom stereocenters. The van der Waals surface area contributed by atoms with E-state index in [1.807, 2.05) is 0 Å². The monoisotopic (exact) mass is 212 g/mol. The van der Waals surface area contributed by atoms with Gasteiger partial charge in [0.25, 0.3) is 0 Å². The molecule has 1 aliphatic rings. The van der Waals surface area contributed by atoms with E-state index in [1.165, 1.54) is 12.8 Å². The molecule has 0 heterocycles. The van der Waals surface area contributed by atoms with E-state index in [4.69, 9.17) is 0 Å². The van der Waals surface area contributed by atoms with Crippen LogP contribution in [0.5, 0.6) is 0 Å². The Morgan fingerprint density at radius 3 is 2.20 bits per heavy atom. The summed E-state index contributed by atoms with van der Waals surface area (Å²) in [6, 6.07) is 1.38. The van der Waals surface area contributed by atoms with E-state index in [-0.39, 0.29) is 5.54 Å². The molecule has 2 unspecified atom stereocenters. The topological polar surface area (TPSA) is 15.3 Å². The lowest BCUT2D eigenvalue weighted by molar-refractivity contribution is 0.167. The fourth-order valence-electron chi connectivity index (χ4n) is 1.91. The Balaban J connectivity index is 2.28. The molecule has 0 bridgehead atoms. The van der Waals surface area contributed by atoms with Crippen LogP contribution in [0.4, 0.5) is 0 Å². The van der Waals surface area contributed by atoms with Crippen LogP contribution in [0, 0.1) is 5.92 Å². The van der Waals surface area contributed by atoms with Gasteiger partial charge in [-0.15, -0.1) is 0 Å². The molecule has 1 aliphatic carbocycles. The third-order valence-corrected chi connectivity index (χ3v) is 3.57. The Kier molecular flexibility index (Phi) is 4.19. The molecule has 0 aromatic carbocycles. The summed E-state index contributed by atoms with van der Waals surface area (Å²) in [5, 5.41) is 3.58. The maximum Gasteiger partial charge on any atom is 0.0192 e. The lowest BCUT2D eigenvalue weighted by Crippen LogP contribution is -2.48. The van der Waals surface area contributed by atoms with Crippen LogP contribution in [0.3, 0.4) is 0 Å². The van der Waals surface area contributed by atoms with Crippen molar-refractivity contribution < 1.29 is 0 Å². The molecule has 15 heavy (non-hydrogen) atoms. The van der Waals surface area contributed by atoms with Crippen LogP contribution >= 0.6 is 0 Å². The zero-order chi connectivity index (χ0) is 11.6. The van der Waals surface area contributed by atoms with E-state index in [9.17, 15) is 0 Å². The Bertz CT molecular complexity index is 191. The number of nitrogens with one attached hydrogen (secondary N) is 1. The molecule has 0 aromatic rings. The van der Waals surface area contributed by atoms with Crippen molar-refractivity contribution in [1.82, 2.24) is 10.2 Å². The molecular formula is C13H28N2. The molecule has 1 fully saturated rings. The second-order valence-electron chi connectivity index (χ2n) is 6.22. The van der Waals surface area contributed by atoms with Crippen molar-refractivity contribution >= 4 is 0 Å². The molecule has 0 amide bonds. The van der Waals surface area contributed by atoms with Gasteiger partial charge in [-0.05, 0) is 60.4 Å². The highest BCUT2D eigenvalue weighted by Crippen LogP contribution is 2.35. The number of likely N-dealkylation sites (N-methyl/N-ethyl adjacent to an activating group) is 1. The van der Waals surface area contributed by atoms with Gasteiger partial charge in [0.05, 0.1) is 0 Å². The predicted molar refractivity (Wildman–Crippen MR) is 67.2 cm³/mol. The summed E-state index contributed by atoms with van der Waals surface area (Å²) in [4.78, 5) is 2.52. The molecular weight excluding hydrogens is 184 g/mol. The van der Waals surface area contributed by atoms with Crippen LogP contribution in [-0.4, -0.2) is 36.1 Å². The predicted octanol–water partition coefficient (Wildman–Crippen LogP) is 2.49. The number of nitrogens with zero attached hydrogens (tertiary/aromatic N) is 1. The lowest BCUT2D eigenvalue weighted by atomic mass is 10.1. The van der Waals surface area contributed by atoms with Gasteiger partial charge in [0.15, 0.2) is 0 Å². The van der Waals surface area contributed by atoms with Gasteiger partial charge in [0.2, 0.25) is 0 Å². The second kappa shape index (κ2) is 4.84. The Morgan fingerprint density at radius 2 is 1.80 bits per heavy atom. The normalized spacial score (nSPS) is 21.8. The molecule has 0 spiro atoms. The van der Waals surface area contributed by atoms with Crippen LogP contribution in [0.25, 0.3) is 0 Å². The van der Waals surface area contributed by atoms with Gasteiger partial charge in [-0.25, -0.2) is 0 Å². The molecule has 0 aromatic heterocycles. The second-order valence-corrected chi connectivity index (χ2v) is 6.22. The summed E-state index contributed by atoms with van der Waals surface area (Å²) < 4.78 is 0. The largest absolute Gasteiger partial charge is 0.311 e. The first-order valence-electron chi connectivity index (χ1n) is 6.28. The van der Waals surface area contributed by atoms with Crippen molar-refractivity contribution in [2.24, 2.45) is 5.92 Å². The lowest BCUT2D eigenvalue weighted by Gasteiger charge is -2.33. The average molecular weight is 212 g/mol. The van der Waals surface area contributed by atoms with Crippen molar-refractivity contribution in [3.8, 4) is 0 Å². The minimum absolute atomic E-state index is 0.234. The highest BCUT2D eigenvalue weighted by Gasteiger charge is 2.32. The van der Waals surface area contributed by atoms with E-state index < -0.39 is 0 Å². The molecule has 1 saturated carbocycles. The van der Waals surface area contributed by atoms with Gasteiger partial charge in [-0.3, -0.25) is 4.90 Å². The summed E-state index contributed by atoms with van der Waals surface area (Å²) in [6.07, 6.45) is 2.87. The van der Waals surface area contributed by atoms with E-state index in [1.54, 1.807) is 0 Å². The average Bonchev–Trinajstić information content (AvgIpc) is 2.93. The number of hydrogen-bond donors (Lipinski definition) is 1. The summed E-state index contributed by atoms with van der Waals surface area (Å²) >= 11 is 0. The molecule has 0 radical (unpaired) electrons. The third-order valence-electron chi connectivity index (χ3n) is 3.57. The number of hydrogen-bond acceptors (Lipinski definition) is 2. The number of rotatable bonds is 5. The quantitative estimate of drug-likeness (QED) is 0.753. The SMILES string of the molecule is CC(CNC(C)(C)C)N(C)C(C)C1CC1. The van der Waals surface area contributed by atoms with Gasteiger partial charge in [-0.1, -0.05) is 0 Å². The smallest absolute Gasteiger partial charge is 0.0192 e. The molecule has 2 heteroatoms. The molecule has 1 rings (SSSR count). The van der Waals surface area contributed by atoms with Crippen molar-refractivity contribution in [2.75, 3.05) is 13.6 Å². The van der Waals surface area contributed by atoms with Crippen molar-refractivity contribution in [1.29, 1.82) is 0 Å². The molecule has 0 aliphatic heterocycles. The van der Waals surface area contributed by atoms with E-state index in [2.05, 4.69) is 51.9 Å². The van der Waals surface area contributed by atoms with Crippen LogP contribution in [0.1, 0.15) is 47.5 Å². The van der Waals surface area contributed by atoms with Crippen molar-refractivity contribution in [2.45, 2.75) is 65.1 Å². The zero-order valence-corrected chi connectivity index (χ0v) is 11.3. The molecule has 0 saturated heterocycles. The first-order valence-corrected chi connectivity index (χ1v) is 6.28. The van der Waals surface area contributed by atoms with Gasteiger partial charge in [-0.2, -0.15) is 0 Å². The summed E-state index contributed by atoms with van der Waals surface area (Å²) in [5.74, 6) is 0.965. The fraction of sp³-hybridized carbons (Fsp3) is 1.00. The van der Waals surface area contributed by atoms with Crippen LogP contribution < -0.4 is 5.32 Å². The van der Waals surface area contributed by atoms with Crippen molar-refractivity contribution in [3.05, 3.63) is 0 Å². The summed E-state index contributed by atoms with van der Waals surface area (Å²) in [6.45, 7) is 12.4. The Labute approximate surface area is 95.4 Å². The fourth-order valence-corrected chi connectivity index (χ4v) is 1.91.